The van der Waals surface area contributed by atoms with E-state index in [9.17, 15) is 17.6 Å². The molecule has 0 fully saturated rings. The zero-order valence-corrected chi connectivity index (χ0v) is 13.8. The van der Waals surface area contributed by atoms with Crippen LogP contribution in [0.1, 0.15) is 10.4 Å². The van der Waals surface area contributed by atoms with Gasteiger partial charge < -0.3 is 10.5 Å². The highest BCUT2D eigenvalue weighted by molar-refractivity contribution is 7.92. The van der Waals surface area contributed by atoms with Crippen LogP contribution < -0.4 is 14.8 Å². The number of rotatable bonds is 7. The van der Waals surface area contributed by atoms with Crippen LogP contribution in [0.4, 0.5) is 10.1 Å². The smallest absolute Gasteiger partial charge is 0.250 e. The summed E-state index contributed by atoms with van der Waals surface area (Å²) in [6.45, 7) is -0.114. The van der Waals surface area contributed by atoms with Gasteiger partial charge in [-0.25, -0.2) is 12.8 Å². The minimum absolute atomic E-state index is 0.114. The molecule has 2 rings (SSSR count). The van der Waals surface area contributed by atoms with Gasteiger partial charge in [-0.2, -0.15) is 0 Å². The molecule has 0 saturated carbocycles. The number of anilines is 1. The van der Waals surface area contributed by atoms with Crippen molar-refractivity contribution in [2.75, 3.05) is 23.7 Å². The van der Waals surface area contributed by atoms with E-state index in [0.717, 1.165) is 4.31 Å². The molecular weight excluding hydrogens is 335 g/mol. The van der Waals surface area contributed by atoms with Crippen LogP contribution in [-0.2, 0) is 10.0 Å². The Hall–Kier alpha value is -2.61. The van der Waals surface area contributed by atoms with Gasteiger partial charge in [-0.1, -0.05) is 12.1 Å². The summed E-state index contributed by atoms with van der Waals surface area (Å²) in [5.41, 5.74) is 5.58. The van der Waals surface area contributed by atoms with Crippen LogP contribution in [0.5, 0.6) is 5.75 Å². The maximum Gasteiger partial charge on any atom is 0.250 e. The minimum Gasteiger partial charge on any atom is -0.492 e. The highest BCUT2D eigenvalue weighted by Gasteiger charge is 2.22. The molecule has 8 heteroatoms. The highest BCUT2D eigenvalue weighted by atomic mass is 32.2. The summed E-state index contributed by atoms with van der Waals surface area (Å²) < 4.78 is 43.9. The second kappa shape index (κ2) is 7.31. The first-order valence-electron chi connectivity index (χ1n) is 7.05. The lowest BCUT2D eigenvalue weighted by Gasteiger charge is -2.21. The molecule has 0 radical (unpaired) electrons. The number of nitrogens with two attached hydrogens (primary N) is 1. The normalized spacial score (nSPS) is 11.1. The van der Waals surface area contributed by atoms with E-state index in [1.807, 2.05) is 0 Å². The van der Waals surface area contributed by atoms with Gasteiger partial charge in [-0.05, 0) is 36.4 Å². The first-order valence-corrected chi connectivity index (χ1v) is 8.66. The average Bonchev–Trinajstić information content (AvgIpc) is 2.55. The Morgan fingerprint density at radius 3 is 2.42 bits per heavy atom. The van der Waals surface area contributed by atoms with Gasteiger partial charge in [0.2, 0.25) is 10.0 Å². The number of halogens is 1. The summed E-state index contributed by atoms with van der Waals surface area (Å²) in [5.74, 6) is -1.06. The second-order valence-electron chi connectivity index (χ2n) is 4.97. The fraction of sp³-hybridized carbons (Fsp3) is 0.188. The molecule has 128 valence electrons. The van der Waals surface area contributed by atoms with E-state index in [1.165, 1.54) is 43.4 Å². The zero-order chi connectivity index (χ0) is 17.7. The van der Waals surface area contributed by atoms with Crippen molar-refractivity contribution in [2.45, 2.75) is 0 Å². The molecule has 2 N–H and O–H groups in total. The second-order valence-corrected chi connectivity index (χ2v) is 7.09. The van der Waals surface area contributed by atoms with Crippen molar-refractivity contribution in [1.29, 1.82) is 0 Å². The van der Waals surface area contributed by atoms with E-state index in [-0.39, 0.29) is 23.6 Å². The average molecular weight is 352 g/mol. The van der Waals surface area contributed by atoms with Gasteiger partial charge in [0, 0.05) is 7.05 Å². The molecule has 0 aliphatic carbocycles. The van der Waals surface area contributed by atoms with E-state index in [0.29, 0.717) is 5.75 Å². The molecule has 0 aromatic heterocycles. The molecule has 6 nitrogen and oxygen atoms in total. The monoisotopic (exact) mass is 352 g/mol. The molecule has 0 unspecified atom stereocenters. The lowest BCUT2D eigenvalue weighted by Crippen LogP contribution is -2.33. The molecule has 0 heterocycles. The summed E-state index contributed by atoms with van der Waals surface area (Å²) >= 11 is 0. The third kappa shape index (κ3) is 4.23. The number of para-hydroxylation sites is 1. The summed E-state index contributed by atoms with van der Waals surface area (Å²) in [7, 11) is -2.38. The van der Waals surface area contributed by atoms with E-state index >= 15 is 0 Å². The van der Waals surface area contributed by atoms with E-state index in [2.05, 4.69) is 0 Å². The maximum absolute atomic E-state index is 12.8. The predicted molar refractivity (Wildman–Crippen MR) is 89.0 cm³/mol. The number of sulfonamides is 1. The van der Waals surface area contributed by atoms with E-state index in [1.54, 1.807) is 12.1 Å². The van der Waals surface area contributed by atoms with Crippen molar-refractivity contribution in [3.05, 3.63) is 59.9 Å². The van der Waals surface area contributed by atoms with Crippen LogP contribution in [0, 0.1) is 5.82 Å². The van der Waals surface area contributed by atoms with Crippen molar-refractivity contribution in [3.8, 4) is 5.75 Å². The molecule has 0 bridgehead atoms. The number of primary amides is 1. The Bertz CT molecular complexity index is 822. The van der Waals surface area contributed by atoms with Gasteiger partial charge in [0.05, 0.1) is 11.3 Å². The van der Waals surface area contributed by atoms with Gasteiger partial charge in [-0.15, -0.1) is 0 Å². The van der Waals surface area contributed by atoms with Crippen LogP contribution in [0.2, 0.25) is 0 Å². The van der Waals surface area contributed by atoms with Crippen LogP contribution in [0.25, 0.3) is 0 Å². The summed E-state index contributed by atoms with van der Waals surface area (Å²) in [6.07, 6.45) is 0. The first kappa shape index (κ1) is 17.7. The quantitative estimate of drug-likeness (QED) is 0.822. The van der Waals surface area contributed by atoms with Gasteiger partial charge in [0.25, 0.3) is 5.91 Å². The van der Waals surface area contributed by atoms with Gasteiger partial charge in [0.1, 0.15) is 23.9 Å². The summed E-state index contributed by atoms with van der Waals surface area (Å²) in [6, 6.07) is 11.4. The van der Waals surface area contributed by atoms with Crippen LogP contribution in [0.15, 0.2) is 48.5 Å². The largest absolute Gasteiger partial charge is 0.492 e. The Morgan fingerprint density at radius 2 is 1.79 bits per heavy atom. The van der Waals surface area contributed by atoms with Crippen molar-refractivity contribution in [2.24, 2.45) is 5.73 Å². The van der Waals surface area contributed by atoms with Crippen molar-refractivity contribution < 1.29 is 22.3 Å². The zero-order valence-electron chi connectivity index (χ0n) is 13.0. The number of nitrogens with zero attached hydrogens (tertiary/aromatic N) is 1. The third-order valence-electron chi connectivity index (χ3n) is 3.35. The molecule has 0 aliphatic heterocycles. The number of carbonyl (C=O) groups excluding carboxylic acids is 1. The molecule has 2 aromatic carbocycles. The molecule has 0 saturated heterocycles. The lowest BCUT2D eigenvalue weighted by molar-refractivity contribution is 0.100. The minimum atomic E-state index is -3.72. The topological polar surface area (TPSA) is 89.7 Å². The fourth-order valence-corrected chi connectivity index (χ4v) is 3.07. The first-order chi connectivity index (χ1) is 11.3. The van der Waals surface area contributed by atoms with Crippen molar-refractivity contribution >= 4 is 21.6 Å². The molecule has 0 atom stereocenters. The van der Waals surface area contributed by atoms with Crippen LogP contribution >= 0.6 is 0 Å². The standard InChI is InChI=1S/C16H17FN2O4S/c1-19(15-5-3-2-4-14(15)16(18)20)24(21,22)11-10-23-13-8-6-12(17)7-9-13/h2-9H,10-11H2,1H3,(H2,18,20). The maximum atomic E-state index is 12.8. The Kier molecular flexibility index (Phi) is 5.40. The Morgan fingerprint density at radius 1 is 1.17 bits per heavy atom. The molecule has 0 aliphatic rings. The molecule has 0 spiro atoms. The Balaban J connectivity index is 2.07. The molecule has 2 aromatic rings. The SMILES string of the molecule is CN(c1ccccc1C(N)=O)S(=O)(=O)CCOc1ccc(F)cc1. The number of benzene rings is 2. The molecular formula is C16H17FN2O4S. The van der Waals surface area contributed by atoms with Gasteiger partial charge in [-0.3, -0.25) is 9.10 Å². The number of hydrogen-bond donors (Lipinski definition) is 1. The van der Waals surface area contributed by atoms with Gasteiger partial charge in [0.15, 0.2) is 0 Å². The third-order valence-corrected chi connectivity index (χ3v) is 5.06. The summed E-state index contributed by atoms with van der Waals surface area (Å²) in [4.78, 5) is 11.4. The van der Waals surface area contributed by atoms with E-state index in [4.69, 9.17) is 10.5 Å². The van der Waals surface area contributed by atoms with Crippen LogP contribution in [0.3, 0.4) is 0 Å². The fourth-order valence-electron chi connectivity index (χ4n) is 2.04. The summed E-state index contributed by atoms with van der Waals surface area (Å²) in [5, 5.41) is 0. The van der Waals surface area contributed by atoms with Crippen molar-refractivity contribution in [3.63, 3.8) is 0 Å². The number of amides is 1. The predicted octanol–water partition coefficient (Wildman–Crippen LogP) is 1.77. The highest BCUT2D eigenvalue weighted by Crippen LogP contribution is 2.21. The lowest BCUT2D eigenvalue weighted by atomic mass is 10.2. The Labute approximate surface area is 139 Å². The van der Waals surface area contributed by atoms with Crippen molar-refractivity contribution in [1.82, 2.24) is 0 Å². The van der Waals surface area contributed by atoms with Gasteiger partial charge >= 0.3 is 0 Å². The molecule has 1 amide bonds. The number of ether oxygens (including phenoxy) is 1. The van der Waals surface area contributed by atoms with Crippen LogP contribution in [-0.4, -0.2) is 33.7 Å². The number of hydrogen-bond acceptors (Lipinski definition) is 4. The molecule has 24 heavy (non-hydrogen) atoms. The van der Waals surface area contributed by atoms with E-state index < -0.39 is 21.7 Å². The number of carbonyl (C=O) groups is 1.